The molecule has 0 saturated heterocycles. The normalized spacial score (nSPS) is 30.7. The van der Waals surface area contributed by atoms with Crippen molar-refractivity contribution in [3.63, 3.8) is 0 Å². The Morgan fingerprint density at radius 3 is 1.14 bits per heavy atom. The van der Waals surface area contributed by atoms with E-state index in [9.17, 15) is 28.8 Å². The Kier molecular flexibility index (Phi) is 29.1. The highest BCUT2D eigenvalue weighted by Crippen LogP contribution is 2.74. The van der Waals surface area contributed by atoms with Crippen LogP contribution in [0.25, 0.3) is 0 Å². The summed E-state index contributed by atoms with van der Waals surface area (Å²) in [6, 6.07) is 0. The van der Waals surface area contributed by atoms with E-state index in [1.165, 1.54) is 83.5 Å². The van der Waals surface area contributed by atoms with E-state index in [2.05, 4.69) is 76.2 Å². The van der Waals surface area contributed by atoms with Gasteiger partial charge in [-0.3, -0.25) is 28.8 Å². The molecular weight excluding hydrogens is 1240 g/mol. The molecule has 0 heterocycles. The fourth-order valence-electron chi connectivity index (χ4n) is 17.8. The highest BCUT2D eigenvalue weighted by molar-refractivity contribution is 5.78. The number of esters is 6. The van der Waals surface area contributed by atoms with Gasteiger partial charge in [0.2, 0.25) is 0 Å². The number of rotatable bonds is 18. The van der Waals surface area contributed by atoms with Crippen molar-refractivity contribution in [3.05, 3.63) is 0 Å². The van der Waals surface area contributed by atoms with Crippen molar-refractivity contribution in [1.82, 2.24) is 0 Å². The second-order valence-electron chi connectivity index (χ2n) is 40.6. The summed E-state index contributed by atoms with van der Waals surface area (Å²) in [5, 5.41) is 0. The first-order valence-electron chi connectivity index (χ1n) is 40.4. The van der Waals surface area contributed by atoms with Crippen molar-refractivity contribution < 1.29 is 57.2 Å². The summed E-state index contributed by atoms with van der Waals surface area (Å²) >= 11 is 0. The molecule has 9 rings (SSSR count). The van der Waals surface area contributed by atoms with Crippen molar-refractivity contribution in [3.8, 4) is 0 Å². The van der Waals surface area contributed by atoms with Gasteiger partial charge in [-0.15, -0.1) is 0 Å². The maximum Gasteiger partial charge on any atom is 0.312 e. The average Bonchev–Trinajstić information content (AvgIpc) is 1.54. The zero-order valence-electron chi connectivity index (χ0n) is 70.4. The van der Waals surface area contributed by atoms with Crippen molar-refractivity contribution in [2.24, 2.45) is 102 Å². The van der Waals surface area contributed by atoms with Gasteiger partial charge in [0.1, 0.15) is 33.6 Å². The van der Waals surface area contributed by atoms with Gasteiger partial charge in [-0.25, -0.2) is 0 Å². The van der Waals surface area contributed by atoms with E-state index in [0.717, 1.165) is 118 Å². The lowest BCUT2D eigenvalue weighted by Gasteiger charge is -2.47. The van der Waals surface area contributed by atoms with E-state index in [1.54, 1.807) is 0 Å². The highest BCUT2D eigenvalue weighted by atomic mass is 16.6. The van der Waals surface area contributed by atoms with Crippen LogP contribution in [0.5, 0.6) is 0 Å². The molecule has 0 aromatic rings. The van der Waals surface area contributed by atoms with Crippen molar-refractivity contribution in [1.29, 1.82) is 0 Å². The van der Waals surface area contributed by atoms with Gasteiger partial charge in [-0.2, -0.15) is 0 Å². The van der Waals surface area contributed by atoms with E-state index < -0.39 is 0 Å². The van der Waals surface area contributed by atoms with E-state index in [4.69, 9.17) is 28.4 Å². The number of carbonyl (C=O) groups excluding carboxylic acids is 6. The molecule has 12 atom stereocenters. The van der Waals surface area contributed by atoms with Gasteiger partial charge < -0.3 is 28.4 Å². The van der Waals surface area contributed by atoms with Gasteiger partial charge in [0.25, 0.3) is 0 Å². The van der Waals surface area contributed by atoms with Crippen LogP contribution in [0.1, 0.15) is 382 Å². The minimum atomic E-state index is -0.372. The van der Waals surface area contributed by atoms with Crippen LogP contribution in [0.4, 0.5) is 0 Å². The Bertz CT molecular complexity index is 2650. The lowest BCUT2D eigenvalue weighted by Crippen LogP contribution is -2.49. The van der Waals surface area contributed by atoms with Crippen molar-refractivity contribution in [2.75, 3.05) is 0 Å². The molecule has 9 fully saturated rings. The monoisotopic (exact) mass is 1390 g/mol. The van der Waals surface area contributed by atoms with Gasteiger partial charge in [-0.1, -0.05) is 82.6 Å². The zero-order chi connectivity index (χ0) is 76.2. The Labute approximate surface area is 608 Å². The Hall–Kier alpha value is -3.18. The Morgan fingerprint density at radius 1 is 0.384 bits per heavy atom. The fourth-order valence-corrected chi connectivity index (χ4v) is 17.8. The summed E-state index contributed by atoms with van der Waals surface area (Å²) < 4.78 is 34.5. The first-order chi connectivity index (χ1) is 45.0. The maximum absolute atomic E-state index is 12.7. The largest absolute Gasteiger partial charge is 0.460 e. The van der Waals surface area contributed by atoms with Crippen LogP contribution < -0.4 is 0 Å². The van der Waals surface area contributed by atoms with Crippen molar-refractivity contribution >= 4 is 35.8 Å². The van der Waals surface area contributed by atoms with Crippen LogP contribution >= 0.6 is 0 Å². The molecule has 0 aromatic heterocycles. The first kappa shape index (κ1) is 88.2. The molecule has 99 heavy (non-hydrogen) atoms. The second kappa shape index (κ2) is 32.7. The molecule has 0 N–H and O–H groups in total. The van der Waals surface area contributed by atoms with Crippen molar-refractivity contribution in [2.45, 2.75) is 416 Å². The second-order valence-corrected chi connectivity index (χ2v) is 40.6. The molecule has 0 aliphatic heterocycles. The van der Waals surface area contributed by atoms with Crippen LogP contribution in [0.2, 0.25) is 0 Å². The number of ether oxygens (including phenoxy) is 6. The number of carbonyl (C=O) groups is 6. The molecule has 576 valence electrons. The molecule has 9 saturated carbocycles. The van der Waals surface area contributed by atoms with E-state index in [-0.39, 0.29) is 107 Å². The fraction of sp³-hybridized carbons (Fsp3) is 0.931. The molecule has 0 aromatic carbocycles. The molecule has 12 heteroatoms. The summed E-state index contributed by atoms with van der Waals surface area (Å²) in [6.45, 7) is 65.4. The number of hydrogen-bond acceptors (Lipinski definition) is 12. The summed E-state index contributed by atoms with van der Waals surface area (Å²) in [5.74, 6) is 7.57. The predicted octanol–water partition coefficient (Wildman–Crippen LogP) is 23.2. The predicted molar refractivity (Wildman–Crippen MR) is 404 cm³/mol. The average molecular weight is 1390 g/mol. The topological polar surface area (TPSA) is 158 Å². The molecule has 6 bridgehead atoms. The van der Waals surface area contributed by atoms with Crippen LogP contribution in [0.3, 0.4) is 0 Å². The molecular formula is C87H156O12. The van der Waals surface area contributed by atoms with Crippen LogP contribution in [-0.2, 0) is 57.2 Å². The third-order valence-corrected chi connectivity index (χ3v) is 28.5. The summed E-state index contributed by atoms with van der Waals surface area (Å²) in [4.78, 5) is 72.4. The summed E-state index contributed by atoms with van der Waals surface area (Å²) in [7, 11) is 0. The first-order valence-corrected chi connectivity index (χ1v) is 40.4. The lowest BCUT2D eigenvalue weighted by molar-refractivity contribution is -0.184. The highest BCUT2D eigenvalue weighted by Gasteiger charge is 2.70. The van der Waals surface area contributed by atoms with Gasteiger partial charge in [0, 0.05) is 11.8 Å². The third-order valence-electron chi connectivity index (χ3n) is 28.5. The van der Waals surface area contributed by atoms with Gasteiger partial charge in [-0.05, 0) is 358 Å². The Balaban J connectivity index is 0.000000257. The third kappa shape index (κ3) is 21.1. The molecule has 0 amide bonds. The van der Waals surface area contributed by atoms with E-state index in [1.807, 2.05) is 145 Å². The number of fused-ring (bicyclic) bond motifs is 10. The van der Waals surface area contributed by atoms with Crippen LogP contribution in [0.15, 0.2) is 0 Å². The smallest absolute Gasteiger partial charge is 0.312 e. The SMILES string of the molecule is CCC(C)(C)C(=O)OC(C)(C)C.CCC(C)(C)C(=O)OC(C)(C)C(C)C.CCC(C)(C)C(=O)OC1(C)CC2CC1C1C3CCC(C3)C21.CCC(C)(C)C(=O)OC1(C)CCC23CC1C(C)(C)C2CCC3C.CCC(C)(C)C(=O)OC1(C)CCCC1.CCC(C)(C)C(=O)OC1(C)CCCCC1. The molecule has 12 unspecified atom stereocenters. The van der Waals surface area contributed by atoms with Gasteiger partial charge in [0.05, 0.1) is 32.5 Å². The van der Waals surface area contributed by atoms with Crippen LogP contribution in [-0.4, -0.2) is 69.4 Å². The molecule has 9 aliphatic carbocycles. The molecule has 12 nitrogen and oxygen atoms in total. The number of hydrogen-bond donors (Lipinski definition) is 0. The summed E-state index contributed by atoms with van der Waals surface area (Å²) in [5.41, 5.74) is -2.83. The van der Waals surface area contributed by atoms with Gasteiger partial charge >= 0.3 is 35.8 Å². The standard InChI is InChI=1S/C21H36O2.C19H30O2.C13H24O2.C12H22O2.C12H24O2.C10H20O2/c1-8-18(3,4)17(22)23-20(7)11-12-21-13-16(20)19(5,6)15(21)10-9-14(21)2;1-5-18(2,3)17(20)21-19(4)10-13-9-14(19)16-12-7-6-11(8-12)15(13)16;1-5-12(2,3)11(14)15-13(4)9-7-6-8-10-13;1-5-11(2,3)10(13)14-12(4)8-6-7-9-12;1-8-11(4,5)10(13)14-12(6,7)9(2)3;1-7-10(5,6)8(11)12-9(2,3)4/h14-16H,8-13H2,1-7H3;11-16H,5-10H2,1-4H3;5-10H2,1-4H3;5-9H2,1-4H3;9H,8H2,1-7H3;7H2,1-6H3. The van der Waals surface area contributed by atoms with Gasteiger partial charge in [0.15, 0.2) is 0 Å². The quantitative estimate of drug-likeness (QED) is 0.0728. The summed E-state index contributed by atoms with van der Waals surface area (Å²) in [6.07, 6.45) is 28.3. The molecule has 9 aliphatic rings. The Morgan fingerprint density at radius 2 is 0.747 bits per heavy atom. The van der Waals surface area contributed by atoms with Crippen LogP contribution in [0, 0.1) is 102 Å². The lowest BCUT2D eigenvalue weighted by atomic mass is 9.64. The maximum atomic E-state index is 12.7. The molecule has 0 radical (unpaired) electrons. The van der Waals surface area contributed by atoms with E-state index >= 15 is 0 Å². The minimum absolute atomic E-state index is 0.000595. The molecule has 1 spiro atoms. The zero-order valence-corrected chi connectivity index (χ0v) is 70.4. The van der Waals surface area contributed by atoms with E-state index in [0.29, 0.717) is 23.2 Å². The minimum Gasteiger partial charge on any atom is -0.460 e.